The van der Waals surface area contributed by atoms with Crippen LogP contribution in [0.15, 0.2) is 62.7 Å². The van der Waals surface area contributed by atoms with Gasteiger partial charge in [-0.2, -0.15) is 5.26 Å². The molecule has 0 atom stereocenters. The van der Waals surface area contributed by atoms with E-state index >= 15 is 0 Å². The molecule has 0 aliphatic rings. The first-order chi connectivity index (χ1) is 11.8. The van der Waals surface area contributed by atoms with Crippen molar-refractivity contribution in [3.63, 3.8) is 0 Å². The van der Waals surface area contributed by atoms with Crippen molar-refractivity contribution in [2.45, 2.75) is 23.6 Å². The molecule has 0 heterocycles. The molecule has 7 nitrogen and oxygen atoms in total. The third-order valence-electron chi connectivity index (χ3n) is 3.16. The molecule has 0 spiro atoms. The van der Waals surface area contributed by atoms with Crippen LogP contribution in [-0.4, -0.2) is 16.0 Å². The lowest BCUT2D eigenvalue weighted by Crippen LogP contribution is -2.07. The summed E-state index contributed by atoms with van der Waals surface area (Å²) in [6.07, 6.45) is 1.61. The van der Waals surface area contributed by atoms with Gasteiger partial charge in [-0.05, 0) is 48.5 Å². The van der Waals surface area contributed by atoms with E-state index in [1.165, 1.54) is 13.8 Å². The summed E-state index contributed by atoms with van der Waals surface area (Å²) in [6, 6.07) is 12.6. The first-order valence-corrected chi connectivity index (χ1v) is 8.77. The van der Waals surface area contributed by atoms with Crippen molar-refractivity contribution in [1.29, 1.82) is 5.26 Å². The molecule has 2 aromatic rings. The van der Waals surface area contributed by atoms with E-state index < -0.39 is 9.73 Å². The second-order valence-electron chi connectivity index (χ2n) is 5.13. The van der Waals surface area contributed by atoms with Gasteiger partial charge in [0, 0.05) is 25.2 Å². The number of benzene rings is 2. The fourth-order valence-corrected chi connectivity index (χ4v) is 3.76. The van der Waals surface area contributed by atoms with Crippen LogP contribution < -0.4 is 10.6 Å². The van der Waals surface area contributed by atoms with E-state index in [4.69, 9.17) is 5.26 Å². The van der Waals surface area contributed by atoms with Gasteiger partial charge in [-0.15, -0.1) is 4.36 Å². The largest absolute Gasteiger partial charge is 0.326 e. The number of nitrogens with one attached hydrogen (secondary N) is 2. The number of amides is 2. The minimum Gasteiger partial charge on any atom is -0.326 e. The Morgan fingerprint density at radius 1 is 0.880 bits per heavy atom. The standard InChI is InChI=1S/C17H16N4O3S/c1-12(22)20-14-3-7-16(8-4-14)25(24,19-11-18)17-9-5-15(6-10-17)21-13(2)23/h3-10H,1-2H3,(H,20,22)(H,21,23). The lowest BCUT2D eigenvalue weighted by atomic mass is 10.3. The first-order valence-electron chi connectivity index (χ1n) is 7.26. The van der Waals surface area contributed by atoms with Crippen LogP contribution in [0, 0.1) is 11.5 Å². The summed E-state index contributed by atoms with van der Waals surface area (Å²) in [5.41, 5.74) is 1.10. The Kier molecular flexibility index (Phi) is 5.52. The Balaban J connectivity index is 2.44. The summed E-state index contributed by atoms with van der Waals surface area (Å²) in [4.78, 5) is 22.8. The van der Waals surface area contributed by atoms with E-state index in [2.05, 4.69) is 15.0 Å². The Bertz CT molecular complexity index is 885. The van der Waals surface area contributed by atoms with Gasteiger partial charge >= 0.3 is 0 Å². The Hall–Kier alpha value is -3.18. The number of carbonyl (C=O) groups excluding carboxylic acids is 2. The maximum Gasteiger partial charge on any atom is 0.221 e. The Morgan fingerprint density at radius 2 is 1.24 bits per heavy atom. The molecule has 2 amide bonds. The highest BCUT2D eigenvalue weighted by Gasteiger charge is 2.16. The maximum absolute atomic E-state index is 13.3. The van der Waals surface area contributed by atoms with Crippen molar-refractivity contribution < 1.29 is 13.8 Å². The fourth-order valence-electron chi connectivity index (χ4n) is 2.15. The van der Waals surface area contributed by atoms with Gasteiger partial charge in [0.05, 0.1) is 9.79 Å². The average molecular weight is 356 g/mol. The minimum absolute atomic E-state index is 0.219. The number of hydrogen-bond acceptors (Lipinski definition) is 5. The van der Waals surface area contributed by atoms with E-state index in [1.54, 1.807) is 54.7 Å². The molecular weight excluding hydrogens is 340 g/mol. The average Bonchev–Trinajstić information content (AvgIpc) is 2.55. The molecule has 25 heavy (non-hydrogen) atoms. The topological polar surface area (TPSA) is 111 Å². The monoisotopic (exact) mass is 356 g/mol. The number of nitriles is 1. The number of anilines is 2. The van der Waals surface area contributed by atoms with Gasteiger partial charge in [0.25, 0.3) is 0 Å². The van der Waals surface area contributed by atoms with E-state index in [9.17, 15) is 13.8 Å². The molecule has 2 aromatic carbocycles. The molecule has 0 bridgehead atoms. The number of nitrogens with zero attached hydrogens (tertiary/aromatic N) is 2. The van der Waals surface area contributed by atoms with Crippen LogP contribution >= 0.6 is 0 Å². The number of rotatable bonds is 4. The number of hydrogen-bond donors (Lipinski definition) is 2. The molecule has 0 fully saturated rings. The van der Waals surface area contributed by atoms with Gasteiger partial charge in [-0.1, -0.05) is 0 Å². The van der Waals surface area contributed by atoms with E-state index in [-0.39, 0.29) is 11.8 Å². The minimum atomic E-state index is -3.15. The zero-order valence-electron chi connectivity index (χ0n) is 13.6. The summed E-state index contributed by atoms with van der Waals surface area (Å²) in [6.45, 7) is 2.78. The molecular formula is C17H16N4O3S. The van der Waals surface area contributed by atoms with Gasteiger partial charge < -0.3 is 10.6 Å². The predicted molar refractivity (Wildman–Crippen MR) is 94.2 cm³/mol. The summed E-state index contributed by atoms with van der Waals surface area (Å²) >= 11 is 0. The Morgan fingerprint density at radius 3 is 1.52 bits per heavy atom. The highest BCUT2D eigenvalue weighted by Crippen LogP contribution is 2.26. The quantitative estimate of drug-likeness (QED) is 0.820. The van der Waals surface area contributed by atoms with Gasteiger partial charge in [0.1, 0.15) is 9.73 Å². The van der Waals surface area contributed by atoms with Crippen molar-refractivity contribution >= 4 is 32.9 Å². The summed E-state index contributed by atoms with van der Waals surface area (Å²) in [5.74, 6) is -0.437. The van der Waals surface area contributed by atoms with Crippen molar-refractivity contribution in [1.82, 2.24) is 0 Å². The zero-order chi connectivity index (χ0) is 18.4. The second kappa shape index (κ2) is 7.59. The molecule has 0 saturated carbocycles. The highest BCUT2D eigenvalue weighted by molar-refractivity contribution is 7.93. The molecule has 0 aromatic heterocycles. The first kappa shape index (κ1) is 18.2. The van der Waals surface area contributed by atoms with Crippen molar-refractivity contribution in [3.8, 4) is 6.19 Å². The Labute approximate surface area is 145 Å². The van der Waals surface area contributed by atoms with E-state index in [0.29, 0.717) is 21.2 Å². The molecule has 2 rings (SSSR count). The van der Waals surface area contributed by atoms with Crippen LogP contribution in [-0.2, 0) is 19.3 Å². The molecule has 0 radical (unpaired) electrons. The van der Waals surface area contributed by atoms with E-state index in [0.717, 1.165) is 0 Å². The second-order valence-corrected chi connectivity index (χ2v) is 7.31. The highest BCUT2D eigenvalue weighted by atomic mass is 32.2. The van der Waals surface area contributed by atoms with Gasteiger partial charge in [0.2, 0.25) is 18.0 Å². The molecule has 0 unspecified atom stereocenters. The molecule has 2 N–H and O–H groups in total. The SMILES string of the molecule is CC(=O)Nc1ccc(S(=O)(=NC#N)c2ccc(NC(C)=O)cc2)cc1. The van der Waals surface area contributed by atoms with Crippen LogP contribution in [0.4, 0.5) is 11.4 Å². The van der Waals surface area contributed by atoms with Crippen LogP contribution in [0.5, 0.6) is 0 Å². The summed E-state index contributed by atoms with van der Waals surface area (Å²) in [5, 5.41) is 14.2. The van der Waals surface area contributed by atoms with Crippen molar-refractivity contribution in [2.75, 3.05) is 10.6 Å². The van der Waals surface area contributed by atoms with Gasteiger partial charge in [-0.3, -0.25) is 9.59 Å². The van der Waals surface area contributed by atoms with Crippen LogP contribution in [0.2, 0.25) is 0 Å². The van der Waals surface area contributed by atoms with Gasteiger partial charge in [-0.25, -0.2) is 4.21 Å². The lowest BCUT2D eigenvalue weighted by Gasteiger charge is -2.11. The zero-order valence-corrected chi connectivity index (χ0v) is 14.5. The molecule has 0 aliphatic heterocycles. The lowest BCUT2D eigenvalue weighted by molar-refractivity contribution is -0.115. The maximum atomic E-state index is 13.3. The van der Waals surface area contributed by atoms with Crippen LogP contribution in [0.1, 0.15) is 13.8 Å². The summed E-state index contributed by atoms with van der Waals surface area (Å²) in [7, 11) is -3.15. The van der Waals surface area contributed by atoms with Gasteiger partial charge in [0.15, 0.2) is 0 Å². The predicted octanol–water partition coefficient (Wildman–Crippen LogP) is 2.97. The third kappa shape index (κ3) is 4.43. The molecule has 0 saturated heterocycles. The molecule has 0 aliphatic carbocycles. The smallest absolute Gasteiger partial charge is 0.221 e. The van der Waals surface area contributed by atoms with Crippen molar-refractivity contribution in [2.24, 2.45) is 4.36 Å². The normalized spacial score (nSPS) is 10.4. The number of carbonyl (C=O) groups is 2. The third-order valence-corrected chi connectivity index (χ3v) is 5.32. The van der Waals surface area contributed by atoms with Crippen molar-refractivity contribution in [3.05, 3.63) is 48.5 Å². The molecule has 8 heteroatoms. The summed E-state index contributed by atoms with van der Waals surface area (Å²) < 4.78 is 16.9. The van der Waals surface area contributed by atoms with Crippen LogP contribution in [0.25, 0.3) is 0 Å². The molecule has 128 valence electrons. The fraction of sp³-hybridized carbons (Fsp3) is 0.118. The van der Waals surface area contributed by atoms with Crippen LogP contribution in [0.3, 0.4) is 0 Å². The van der Waals surface area contributed by atoms with E-state index in [1.807, 2.05) is 0 Å².